The zero-order valence-corrected chi connectivity index (χ0v) is 24.2. The van der Waals surface area contributed by atoms with Gasteiger partial charge in [-0.25, -0.2) is 0 Å². The summed E-state index contributed by atoms with van der Waals surface area (Å²) in [6.45, 7) is 18.3. The lowest BCUT2D eigenvalue weighted by atomic mass is 9.35. The van der Waals surface area contributed by atoms with Crippen LogP contribution in [0.3, 0.4) is 0 Å². The number of hydrogen-bond acceptors (Lipinski definition) is 3. The summed E-state index contributed by atoms with van der Waals surface area (Å²) in [5.74, 6) is 0.221. The summed E-state index contributed by atoms with van der Waals surface area (Å²) in [6, 6.07) is 0. The van der Waals surface area contributed by atoms with Crippen LogP contribution in [-0.4, -0.2) is 23.1 Å². The Balaban J connectivity index is 1.54. The predicted molar refractivity (Wildman–Crippen MR) is 142 cm³/mol. The first-order valence-electron chi connectivity index (χ1n) is 14.7. The van der Waals surface area contributed by atoms with Crippen LogP contribution in [0.1, 0.15) is 126 Å². The molecular weight excluding hydrogens is 448 g/mol. The largest absolute Gasteiger partial charge is 0.481 e. The van der Waals surface area contributed by atoms with Crippen molar-refractivity contribution in [1.82, 2.24) is 0 Å². The number of allylic oxidation sites excluding steroid dienone is 2. The van der Waals surface area contributed by atoms with Crippen LogP contribution >= 0.6 is 0 Å². The van der Waals surface area contributed by atoms with E-state index in [1.54, 1.807) is 18.1 Å². The van der Waals surface area contributed by atoms with Crippen LogP contribution in [0, 0.1) is 44.3 Å². The van der Waals surface area contributed by atoms with Crippen LogP contribution in [0.15, 0.2) is 11.1 Å². The van der Waals surface area contributed by atoms with Crippen molar-refractivity contribution in [1.29, 1.82) is 0 Å². The van der Waals surface area contributed by atoms with Crippen LogP contribution in [-0.2, 0) is 14.3 Å². The van der Waals surface area contributed by atoms with Gasteiger partial charge in [0.2, 0.25) is 0 Å². The molecule has 0 saturated heterocycles. The van der Waals surface area contributed by atoms with Gasteiger partial charge in [0.05, 0.1) is 5.41 Å². The van der Waals surface area contributed by atoms with Gasteiger partial charge in [0.1, 0.15) is 6.10 Å². The Morgan fingerprint density at radius 3 is 2.11 bits per heavy atom. The van der Waals surface area contributed by atoms with E-state index in [4.69, 9.17) is 4.74 Å². The molecule has 1 N–H and O–H groups in total. The Kier molecular flexibility index (Phi) is 5.74. The Morgan fingerprint density at radius 1 is 0.806 bits per heavy atom. The van der Waals surface area contributed by atoms with Gasteiger partial charge in [-0.2, -0.15) is 0 Å². The maximum atomic E-state index is 12.3. The quantitative estimate of drug-likeness (QED) is 0.310. The molecule has 4 heteroatoms. The Morgan fingerprint density at radius 2 is 1.47 bits per heavy atom. The van der Waals surface area contributed by atoms with Gasteiger partial charge in [-0.1, -0.05) is 52.7 Å². The zero-order valence-electron chi connectivity index (χ0n) is 24.2. The molecule has 202 valence electrons. The van der Waals surface area contributed by atoms with Gasteiger partial charge in [0.25, 0.3) is 0 Å². The molecule has 5 aliphatic carbocycles. The van der Waals surface area contributed by atoms with Crippen molar-refractivity contribution in [3.05, 3.63) is 11.1 Å². The van der Waals surface area contributed by atoms with Crippen molar-refractivity contribution >= 4 is 11.9 Å². The van der Waals surface area contributed by atoms with E-state index in [0.29, 0.717) is 11.8 Å². The normalized spacial score (nSPS) is 49.7. The monoisotopic (exact) mass is 498 g/mol. The minimum absolute atomic E-state index is 0.00555. The van der Waals surface area contributed by atoms with Gasteiger partial charge in [-0.05, 0) is 111 Å². The van der Waals surface area contributed by atoms with Crippen LogP contribution in [0.2, 0.25) is 0 Å². The number of fused-ring (bicyclic) bond motifs is 6. The third-order valence-corrected chi connectivity index (χ3v) is 13.5. The second kappa shape index (κ2) is 7.85. The molecule has 0 radical (unpaired) electrons. The molecule has 0 unspecified atom stereocenters. The van der Waals surface area contributed by atoms with Crippen molar-refractivity contribution in [2.45, 2.75) is 132 Å². The van der Waals surface area contributed by atoms with Gasteiger partial charge < -0.3 is 9.84 Å². The zero-order chi connectivity index (χ0) is 26.5. The van der Waals surface area contributed by atoms with E-state index in [1.807, 2.05) is 6.92 Å². The highest BCUT2D eigenvalue weighted by Crippen LogP contribution is 2.75. The summed E-state index contributed by atoms with van der Waals surface area (Å²) in [6.07, 6.45) is 11.8. The fourth-order valence-electron chi connectivity index (χ4n) is 10.9. The molecule has 8 atom stereocenters. The van der Waals surface area contributed by atoms with Gasteiger partial charge in [-0.3, -0.25) is 9.59 Å². The third kappa shape index (κ3) is 3.30. The average molecular weight is 499 g/mol. The third-order valence-electron chi connectivity index (χ3n) is 13.5. The van der Waals surface area contributed by atoms with Crippen molar-refractivity contribution in [3.8, 4) is 0 Å². The number of hydrogen-bond donors (Lipinski definition) is 1. The van der Waals surface area contributed by atoms with Gasteiger partial charge in [-0.15, -0.1) is 0 Å². The van der Waals surface area contributed by atoms with Crippen LogP contribution in [0.4, 0.5) is 0 Å². The second-order valence-corrected chi connectivity index (χ2v) is 15.5. The maximum Gasteiger partial charge on any atom is 0.309 e. The van der Waals surface area contributed by atoms with Crippen LogP contribution in [0.25, 0.3) is 0 Å². The Bertz CT molecular complexity index is 1010. The second-order valence-electron chi connectivity index (χ2n) is 15.5. The molecule has 0 aliphatic heterocycles. The van der Waals surface area contributed by atoms with E-state index < -0.39 is 11.4 Å². The number of ether oxygens (including phenoxy) is 1. The van der Waals surface area contributed by atoms with E-state index in [9.17, 15) is 14.7 Å². The molecule has 4 nitrogen and oxygen atoms in total. The molecule has 3 fully saturated rings. The number of carbonyl (C=O) groups excluding carboxylic acids is 1. The van der Waals surface area contributed by atoms with E-state index in [0.717, 1.165) is 44.9 Å². The Hall–Kier alpha value is -1.32. The molecule has 0 aromatic rings. The van der Waals surface area contributed by atoms with Crippen molar-refractivity contribution < 1.29 is 19.4 Å². The molecule has 5 aliphatic rings. The minimum atomic E-state index is -0.601. The number of carbonyl (C=O) groups is 2. The lowest BCUT2D eigenvalue weighted by molar-refractivity contribution is -0.178. The number of esters is 1. The number of carboxylic acid groups (broad SMARTS) is 1. The Labute approximate surface area is 219 Å². The average Bonchev–Trinajstić information content (AvgIpc) is 2.78. The number of carboxylic acids is 1. The molecule has 36 heavy (non-hydrogen) atoms. The summed E-state index contributed by atoms with van der Waals surface area (Å²) in [7, 11) is 0. The molecular formula is C32H50O4. The molecule has 0 spiro atoms. The molecule has 3 saturated carbocycles. The van der Waals surface area contributed by atoms with Crippen molar-refractivity contribution in [2.75, 3.05) is 0 Å². The van der Waals surface area contributed by atoms with Crippen LogP contribution in [0.5, 0.6) is 0 Å². The number of aliphatic carboxylic acids is 1. The van der Waals surface area contributed by atoms with E-state index in [2.05, 4.69) is 41.5 Å². The van der Waals surface area contributed by atoms with E-state index in [-0.39, 0.29) is 39.1 Å². The van der Waals surface area contributed by atoms with Gasteiger partial charge in [0, 0.05) is 12.3 Å². The summed E-state index contributed by atoms with van der Waals surface area (Å²) < 4.78 is 5.86. The maximum absolute atomic E-state index is 12.3. The smallest absolute Gasteiger partial charge is 0.309 e. The molecule has 0 bridgehead atoms. The van der Waals surface area contributed by atoms with Crippen LogP contribution < -0.4 is 0 Å². The highest BCUT2D eigenvalue weighted by molar-refractivity contribution is 5.74. The highest BCUT2D eigenvalue weighted by atomic mass is 16.5. The topological polar surface area (TPSA) is 63.6 Å². The lowest BCUT2D eigenvalue weighted by Gasteiger charge is -2.69. The molecule has 0 amide bonds. The minimum Gasteiger partial charge on any atom is -0.481 e. The molecule has 0 heterocycles. The summed E-state index contributed by atoms with van der Waals surface area (Å²) in [5.41, 5.74) is 3.55. The number of rotatable bonds is 2. The predicted octanol–water partition coefficient (Wildman–Crippen LogP) is 7.95. The summed E-state index contributed by atoms with van der Waals surface area (Å²) in [5, 5.41) is 10.2. The fourth-order valence-corrected chi connectivity index (χ4v) is 10.9. The van der Waals surface area contributed by atoms with Gasteiger partial charge in [0.15, 0.2) is 0 Å². The SMILES string of the molecule is CC(=O)O[C@H]1CC[C@]2(C)C3=C(CC[C@H]2C1(C)C)[C@@]1(C)CC[C@@]2(C)CC[C@](C)(C(=O)O)C[C@H]2[C@]1(C)CC3. The standard InChI is InChI=1S/C32H50O4/c1-20(33)36-25-12-13-30(6)21-11-14-32(8)24-19-29(5,26(34)35)16-15-28(24,4)17-18-31(32,7)22(21)9-10-23(30)27(25,2)3/h23-25H,9-19H2,1-8H3,(H,34,35)/t23-,24+,25-,28+,29-,30+,31+,32-/m0/s1. The lowest BCUT2D eigenvalue weighted by Crippen LogP contribution is -2.61. The van der Waals surface area contributed by atoms with E-state index >= 15 is 0 Å². The van der Waals surface area contributed by atoms with Crippen molar-refractivity contribution in [2.24, 2.45) is 44.3 Å². The summed E-state index contributed by atoms with van der Waals surface area (Å²) >= 11 is 0. The fraction of sp³-hybridized carbons (Fsp3) is 0.875. The van der Waals surface area contributed by atoms with Crippen molar-refractivity contribution in [3.63, 3.8) is 0 Å². The first-order chi connectivity index (χ1) is 16.5. The van der Waals surface area contributed by atoms with Gasteiger partial charge >= 0.3 is 11.9 Å². The molecule has 0 aromatic carbocycles. The highest BCUT2D eigenvalue weighted by Gasteiger charge is 2.66. The molecule has 0 aromatic heterocycles. The molecule has 5 rings (SSSR count). The van der Waals surface area contributed by atoms with E-state index in [1.165, 1.54) is 25.7 Å². The first-order valence-corrected chi connectivity index (χ1v) is 14.7. The first kappa shape index (κ1) is 26.3. The summed E-state index contributed by atoms with van der Waals surface area (Å²) in [4.78, 5) is 24.2.